The highest BCUT2D eigenvalue weighted by molar-refractivity contribution is 5.85. The Morgan fingerprint density at radius 3 is 2.24 bits per heavy atom. The predicted molar refractivity (Wildman–Crippen MR) is 89.8 cm³/mol. The van der Waals surface area contributed by atoms with E-state index in [2.05, 4.69) is 5.32 Å². The molecule has 1 saturated carbocycles. The summed E-state index contributed by atoms with van der Waals surface area (Å²) in [7, 11) is 0. The summed E-state index contributed by atoms with van der Waals surface area (Å²) < 4.78 is 5.88. The molecule has 1 rings (SSSR count). The Labute approximate surface area is 136 Å². The van der Waals surface area contributed by atoms with Crippen molar-refractivity contribution in [2.45, 2.75) is 71.3 Å². The predicted octanol–water partition coefficient (Wildman–Crippen LogP) is 3.03. The zero-order chi connectivity index (χ0) is 14.8. The Morgan fingerprint density at radius 2 is 1.76 bits per heavy atom. The lowest BCUT2D eigenvalue weighted by Gasteiger charge is -2.28. The number of amides is 1. The highest BCUT2D eigenvalue weighted by Gasteiger charge is 2.32. The molecule has 0 aromatic heterocycles. The molecule has 1 aliphatic rings. The third kappa shape index (κ3) is 6.54. The molecule has 1 fully saturated rings. The van der Waals surface area contributed by atoms with E-state index in [1.165, 1.54) is 38.5 Å². The Hall–Kier alpha value is -0.320. The third-order valence-electron chi connectivity index (χ3n) is 4.77. The summed E-state index contributed by atoms with van der Waals surface area (Å²) in [6, 6.07) is 0. The van der Waals surface area contributed by atoms with Crippen molar-refractivity contribution in [3.05, 3.63) is 0 Å². The van der Waals surface area contributed by atoms with Gasteiger partial charge in [-0.1, -0.05) is 39.5 Å². The van der Waals surface area contributed by atoms with E-state index >= 15 is 0 Å². The molecule has 0 aliphatic heterocycles. The summed E-state index contributed by atoms with van der Waals surface area (Å²) >= 11 is 0. The molecular weight excluding hydrogens is 288 g/mol. The van der Waals surface area contributed by atoms with Crippen molar-refractivity contribution in [1.29, 1.82) is 0 Å². The number of hydrogen-bond donors (Lipinski definition) is 2. The number of carbonyl (C=O) groups is 1. The number of carbonyl (C=O) groups excluding carboxylic acids is 1. The molecule has 21 heavy (non-hydrogen) atoms. The Balaban J connectivity index is 0.00000400. The second-order valence-electron chi connectivity index (χ2n) is 5.93. The largest absolute Gasteiger partial charge is 0.376 e. The minimum absolute atomic E-state index is 0. The molecule has 0 radical (unpaired) electrons. The second kappa shape index (κ2) is 11.3. The van der Waals surface area contributed by atoms with Crippen molar-refractivity contribution in [2.75, 3.05) is 19.7 Å². The van der Waals surface area contributed by atoms with Crippen LogP contribution in [0, 0.1) is 5.41 Å². The molecule has 0 atom stereocenters. The fourth-order valence-corrected chi connectivity index (χ4v) is 2.94. The number of nitrogens with two attached hydrogens (primary N) is 1. The van der Waals surface area contributed by atoms with E-state index < -0.39 is 5.41 Å². The van der Waals surface area contributed by atoms with Crippen molar-refractivity contribution in [3.8, 4) is 0 Å². The Bertz CT molecular complexity index is 267. The number of rotatable bonds is 8. The van der Waals surface area contributed by atoms with Crippen LogP contribution in [-0.2, 0) is 9.53 Å². The van der Waals surface area contributed by atoms with Crippen LogP contribution in [0.25, 0.3) is 0 Å². The lowest BCUT2D eigenvalue weighted by molar-refractivity contribution is -0.131. The van der Waals surface area contributed by atoms with Gasteiger partial charge in [-0.15, -0.1) is 12.4 Å². The van der Waals surface area contributed by atoms with Crippen LogP contribution in [0.5, 0.6) is 0 Å². The average Bonchev–Trinajstić information content (AvgIpc) is 2.75. The lowest BCUT2D eigenvalue weighted by Crippen LogP contribution is -2.46. The van der Waals surface area contributed by atoms with Gasteiger partial charge in [0.15, 0.2) is 0 Å². The van der Waals surface area contributed by atoms with Gasteiger partial charge in [0.2, 0.25) is 5.91 Å². The maximum absolute atomic E-state index is 12.2. The lowest BCUT2D eigenvalue weighted by atomic mass is 9.81. The zero-order valence-corrected chi connectivity index (χ0v) is 14.5. The third-order valence-corrected chi connectivity index (χ3v) is 4.77. The second-order valence-corrected chi connectivity index (χ2v) is 5.93. The molecule has 0 heterocycles. The maximum atomic E-state index is 12.2. The van der Waals surface area contributed by atoms with Crippen LogP contribution >= 0.6 is 12.4 Å². The smallest absolute Gasteiger partial charge is 0.227 e. The summed E-state index contributed by atoms with van der Waals surface area (Å²) in [4.78, 5) is 12.2. The van der Waals surface area contributed by atoms with Crippen molar-refractivity contribution in [3.63, 3.8) is 0 Å². The average molecular weight is 321 g/mol. The first kappa shape index (κ1) is 20.7. The Kier molecular flexibility index (Phi) is 11.1. The van der Waals surface area contributed by atoms with Crippen LogP contribution in [0.4, 0.5) is 0 Å². The zero-order valence-electron chi connectivity index (χ0n) is 13.7. The van der Waals surface area contributed by atoms with Crippen LogP contribution in [-0.4, -0.2) is 31.7 Å². The standard InChI is InChI=1S/C16H32N2O2.ClH/c1-3-16(4-2,13-17)15(19)18-11-12-20-14-9-7-5-6-8-10-14;/h14H,3-13,17H2,1-2H3,(H,18,19);1H. The number of ether oxygens (including phenoxy) is 1. The molecule has 0 spiro atoms. The van der Waals surface area contributed by atoms with Gasteiger partial charge in [-0.2, -0.15) is 0 Å². The molecule has 126 valence electrons. The molecule has 0 unspecified atom stereocenters. The first-order valence-corrected chi connectivity index (χ1v) is 8.28. The first-order valence-electron chi connectivity index (χ1n) is 8.28. The van der Waals surface area contributed by atoms with Gasteiger partial charge in [0.25, 0.3) is 0 Å². The number of hydrogen-bond acceptors (Lipinski definition) is 3. The van der Waals surface area contributed by atoms with Crippen molar-refractivity contribution in [2.24, 2.45) is 11.1 Å². The molecule has 0 bridgehead atoms. The molecular formula is C16H33ClN2O2. The van der Waals surface area contributed by atoms with E-state index in [0.717, 1.165) is 12.8 Å². The highest BCUT2D eigenvalue weighted by atomic mass is 35.5. The molecule has 1 aliphatic carbocycles. The van der Waals surface area contributed by atoms with E-state index in [0.29, 0.717) is 25.8 Å². The van der Waals surface area contributed by atoms with E-state index in [1.54, 1.807) is 0 Å². The molecule has 4 nitrogen and oxygen atoms in total. The van der Waals surface area contributed by atoms with Crippen molar-refractivity contribution >= 4 is 18.3 Å². The van der Waals surface area contributed by atoms with Gasteiger partial charge in [-0.3, -0.25) is 4.79 Å². The fraction of sp³-hybridized carbons (Fsp3) is 0.938. The molecule has 3 N–H and O–H groups in total. The van der Waals surface area contributed by atoms with Crippen LogP contribution in [0.2, 0.25) is 0 Å². The normalized spacial score (nSPS) is 16.9. The van der Waals surface area contributed by atoms with Crippen molar-refractivity contribution in [1.82, 2.24) is 5.32 Å². The monoisotopic (exact) mass is 320 g/mol. The fourth-order valence-electron chi connectivity index (χ4n) is 2.94. The van der Waals surface area contributed by atoms with Gasteiger partial charge < -0.3 is 15.8 Å². The number of nitrogens with one attached hydrogen (secondary N) is 1. The molecule has 0 saturated heterocycles. The van der Waals surface area contributed by atoms with E-state index in [1.807, 2.05) is 13.8 Å². The van der Waals surface area contributed by atoms with E-state index in [9.17, 15) is 4.79 Å². The van der Waals surface area contributed by atoms with Gasteiger partial charge in [-0.05, 0) is 25.7 Å². The van der Waals surface area contributed by atoms with Gasteiger partial charge in [0, 0.05) is 13.1 Å². The quantitative estimate of drug-likeness (QED) is 0.533. The Morgan fingerprint density at radius 1 is 1.19 bits per heavy atom. The minimum Gasteiger partial charge on any atom is -0.376 e. The van der Waals surface area contributed by atoms with E-state index in [4.69, 9.17) is 10.5 Å². The summed E-state index contributed by atoms with van der Waals surface area (Å²) in [6.07, 6.45) is 9.54. The molecule has 1 amide bonds. The minimum atomic E-state index is -0.400. The van der Waals surface area contributed by atoms with Crippen LogP contribution in [0.3, 0.4) is 0 Å². The molecule has 0 aromatic carbocycles. The van der Waals surface area contributed by atoms with Gasteiger partial charge in [0.1, 0.15) is 0 Å². The summed E-state index contributed by atoms with van der Waals surface area (Å²) in [6.45, 7) is 5.67. The topological polar surface area (TPSA) is 64.4 Å². The van der Waals surface area contributed by atoms with E-state index in [-0.39, 0.29) is 18.3 Å². The number of halogens is 1. The molecule has 5 heteroatoms. The van der Waals surface area contributed by atoms with Gasteiger partial charge in [-0.25, -0.2) is 0 Å². The first-order chi connectivity index (χ1) is 9.68. The van der Waals surface area contributed by atoms with Crippen LogP contribution < -0.4 is 11.1 Å². The SMILES string of the molecule is CCC(CC)(CN)C(=O)NCCOC1CCCCCC1.Cl. The molecule has 0 aromatic rings. The highest BCUT2D eigenvalue weighted by Crippen LogP contribution is 2.24. The van der Waals surface area contributed by atoms with Gasteiger partial charge >= 0.3 is 0 Å². The van der Waals surface area contributed by atoms with Crippen LogP contribution in [0.1, 0.15) is 65.2 Å². The van der Waals surface area contributed by atoms with Crippen molar-refractivity contribution < 1.29 is 9.53 Å². The maximum Gasteiger partial charge on any atom is 0.227 e. The van der Waals surface area contributed by atoms with Crippen LogP contribution in [0.15, 0.2) is 0 Å². The summed E-state index contributed by atoms with van der Waals surface area (Å²) in [5.41, 5.74) is 5.38. The summed E-state index contributed by atoms with van der Waals surface area (Å²) in [5, 5.41) is 2.99. The van der Waals surface area contributed by atoms with Gasteiger partial charge in [0.05, 0.1) is 18.1 Å². The summed E-state index contributed by atoms with van der Waals surface area (Å²) in [5.74, 6) is 0.0782.